The topological polar surface area (TPSA) is 54.3 Å². The highest BCUT2D eigenvalue weighted by molar-refractivity contribution is 7.17. The molecule has 0 aromatic carbocycles. The van der Waals surface area contributed by atoms with Gasteiger partial charge in [-0.3, -0.25) is 9.59 Å². The second-order valence-electron chi connectivity index (χ2n) is 8.31. The van der Waals surface area contributed by atoms with Crippen molar-refractivity contribution in [2.24, 2.45) is 18.9 Å². The minimum absolute atomic E-state index is 0.0462. The molecule has 1 aliphatic heterocycles. The van der Waals surface area contributed by atoms with Crippen molar-refractivity contribution < 1.29 is 9.59 Å². The zero-order chi connectivity index (χ0) is 19.0. The van der Waals surface area contributed by atoms with Crippen LogP contribution in [0.25, 0.3) is 10.2 Å². The molecule has 1 N–H and O–H groups in total. The molecule has 1 atom stereocenters. The number of fused-ring (bicyclic) bond motifs is 1. The predicted molar refractivity (Wildman–Crippen MR) is 109 cm³/mol. The van der Waals surface area contributed by atoms with E-state index in [4.69, 9.17) is 0 Å². The molecule has 2 aliphatic rings. The van der Waals surface area contributed by atoms with Crippen molar-refractivity contribution in [2.45, 2.75) is 51.5 Å². The molecule has 27 heavy (non-hydrogen) atoms. The van der Waals surface area contributed by atoms with Crippen LogP contribution in [0.2, 0.25) is 0 Å². The number of aromatic nitrogens is 1. The number of nitrogens with one attached hydrogen (secondary N) is 1. The summed E-state index contributed by atoms with van der Waals surface area (Å²) in [5, 5.41) is 5.30. The lowest BCUT2D eigenvalue weighted by Gasteiger charge is -2.34. The Bertz CT molecular complexity index is 832. The van der Waals surface area contributed by atoms with E-state index in [-0.39, 0.29) is 17.7 Å². The standard InChI is InChI=1S/C21H29N3O2S/c1-14-5-7-16(8-6-14)22-20(25)15-4-3-10-24(13-15)21(26)18-12-19-17(23(18)2)9-11-27-19/h9,11-12,14-16H,3-8,10,13H2,1-2H3,(H,22,25). The first kappa shape index (κ1) is 18.5. The summed E-state index contributed by atoms with van der Waals surface area (Å²) in [7, 11) is 1.94. The Morgan fingerprint density at radius 1 is 1.19 bits per heavy atom. The third-order valence-electron chi connectivity index (χ3n) is 6.32. The highest BCUT2D eigenvalue weighted by Crippen LogP contribution is 2.27. The minimum Gasteiger partial charge on any atom is -0.353 e. The number of hydrogen-bond donors (Lipinski definition) is 1. The van der Waals surface area contributed by atoms with Crippen LogP contribution in [-0.4, -0.2) is 40.4 Å². The smallest absolute Gasteiger partial charge is 0.270 e. The Labute approximate surface area is 164 Å². The van der Waals surface area contributed by atoms with E-state index in [0.29, 0.717) is 12.6 Å². The molecule has 2 fully saturated rings. The van der Waals surface area contributed by atoms with Crippen LogP contribution >= 0.6 is 11.3 Å². The van der Waals surface area contributed by atoms with Gasteiger partial charge < -0.3 is 14.8 Å². The summed E-state index contributed by atoms with van der Waals surface area (Å²) in [5.74, 6) is 0.883. The Morgan fingerprint density at radius 2 is 1.96 bits per heavy atom. The maximum absolute atomic E-state index is 13.1. The van der Waals surface area contributed by atoms with Crippen molar-refractivity contribution in [2.75, 3.05) is 13.1 Å². The molecule has 1 saturated carbocycles. The highest BCUT2D eigenvalue weighted by atomic mass is 32.1. The first-order chi connectivity index (χ1) is 13.0. The van der Waals surface area contributed by atoms with Crippen molar-refractivity contribution >= 4 is 33.4 Å². The third-order valence-corrected chi connectivity index (χ3v) is 7.18. The van der Waals surface area contributed by atoms with Crippen molar-refractivity contribution in [3.63, 3.8) is 0 Å². The van der Waals surface area contributed by atoms with Crippen LogP contribution in [-0.2, 0) is 11.8 Å². The van der Waals surface area contributed by atoms with Crippen LogP contribution < -0.4 is 5.32 Å². The van der Waals surface area contributed by atoms with Gasteiger partial charge in [-0.05, 0) is 62.0 Å². The number of carbonyl (C=O) groups excluding carboxylic acids is 2. The summed E-state index contributed by atoms with van der Waals surface area (Å²) in [6, 6.07) is 4.35. The summed E-state index contributed by atoms with van der Waals surface area (Å²) in [4.78, 5) is 27.7. The van der Waals surface area contributed by atoms with Gasteiger partial charge in [0.25, 0.3) is 5.91 Å². The van der Waals surface area contributed by atoms with E-state index in [2.05, 4.69) is 12.2 Å². The number of aryl methyl sites for hydroxylation is 1. The van der Waals surface area contributed by atoms with Crippen molar-refractivity contribution in [1.29, 1.82) is 0 Å². The van der Waals surface area contributed by atoms with Crippen molar-refractivity contribution in [3.05, 3.63) is 23.2 Å². The lowest BCUT2D eigenvalue weighted by atomic mass is 9.87. The monoisotopic (exact) mass is 387 g/mol. The van der Waals surface area contributed by atoms with Gasteiger partial charge in [-0.1, -0.05) is 6.92 Å². The SMILES string of the molecule is CC1CCC(NC(=O)C2CCCN(C(=O)c3cc4sccc4n3C)C2)CC1. The molecular formula is C21H29N3O2S. The van der Waals surface area contributed by atoms with Crippen LogP contribution in [0.15, 0.2) is 17.5 Å². The zero-order valence-electron chi connectivity index (χ0n) is 16.2. The second kappa shape index (κ2) is 7.66. The number of rotatable bonds is 3. The van der Waals surface area contributed by atoms with Gasteiger partial charge in [0.2, 0.25) is 5.91 Å². The van der Waals surface area contributed by atoms with E-state index in [1.165, 1.54) is 12.8 Å². The lowest BCUT2D eigenvalue weighted by Crippen LogP contribution is -2.48. The maximum Gasteiger partial charge on any atom is 0.270 e. The normalized spacial score (nSPS) is 26.3. The molecule has 0 spiro atoms. The molecule has 1 saturated heterocycles. The third kappa shape index (κ3) is 3.77. The van der Waals surface area contributed by atoms with E-state index < -0.39 is 0 Å². The first-order valence-corrected chi connectivity index (χ1v) is 11.0. The molecule has 6 heteroatoms. The van der Waals surface area contributed by atoms with Crippen LogP contribution in [0.4, 0.5) is 0 Å². The number of likely N-dealkylation sites (tertiary alicyclic amines) is 1. The Balaban J connectivity index is 1.40. The molecule has 1 unspecified atom stereocenters. The molecule has 2 aromatic heterocycles. The quantitative estimate of drug-likeness (QED) is 0.871. The van der Waals surface area contributed by atoms with Crippen LogP contribution in [0.5, 0.6) is 0 Å². The molecule has 5 nitrogen and oxygen atoms in total. The molecule has 1 aliphatic carbocycles. The zero-order valence-corrected chi connectivity index (χ0v) is 17.1. The fourth-order valence-corrected chi connectivity index (χ4v) is 5.37. The number of piperidine rings is 1. The molecule has 2 aromatic rings. The number of nitrogens with zero attached hydrogens (tertiary/aromatic N) is 2. The maximum atomic E-state index is 13.1. The number of thiophene rings is 1. The van der Waals surface area contributed by atoms with Crippen LogP contribution in [0.3, 0.4) is 0 Å². The molecule has 0 bridgehead atoms. The van der Waals surface area contributed by atoms with Gasteiger partial charge in [0.15, 0.2) is 0 Å². The number of carbonyl (C=O) groups is 2. The highest BCUT2D eigenvalue weighted by Gasteiger charge is 2.31. The Hall–Kier alpha value is -1.82. The van der Waals surface area contributed by atoms with Crippen LogP contribution in [0.1, 0.15) is 55.9 Å². The Kier molecular flexibility index (Phi) is 5.26. The summed E-state index contributed by atoms with van der Waals surface area (Å²) >= 11 is 1.66. The van der Waals surface area contributed by atoms with Gasteiger partial charge in [-0.2, -0.15) is 0 Å². The minimum atomic E-state index is -0.0802. The van der Waals surface area contributed by atoms with E-state index in [9.17, 15) is 9.59 Å². The molecular weight excluding hydrogens is 358 g/mol. The fraction of sp³-hybridized carbons (Fsp3) is 0.619. The summed E-state index contributed by atoms with van der Waals surface area (Å²) in [6.07, 6.45) is 6.34. The van der Waals surface area contributed by atoms with Crippen LogP contribution in [0, 0.1) is 11.8 Å². The van der Waals surface area contributed by atoms with E-state index in [1.807, 2.05) is 34.0 Å². The predicted octanol–water partition coefficient (Wildman–Crippen LogP) is 3.79. The Morgan fingerprint density at radius 3 is 2.70 bits per heavy atom. The van der Waals surface area contributed by atoms with Gasteiger partial charge in [0, 0.05) is 26.2 Å². The van der Waals surface area contributed by atoms with E-state index in [0.717, 1.165) is 54.1 Å². The van der Waals surface area contributed by atoms with Gasteiger partial charge in [0.1, 0.15) is 5.69 Å². The molecule has 3 heterocycles. The van der Waals surface area contributed by atoms with Gasteiger partial charge in [-0.15, -0.1) is 11.3 Å². The second-order valence-corrected chi connectivity index (χ2v) is 9.26. The van der Waals surface area contributed by atoms with Gasteiger partial charge >= 0.3 is 0 Å². The first-order valence-electron chi connectivity index (χ1n) is 10.2. The lowest BCUT2D eigenvalue weighted by molar-refractivity contribution is -0.127. The van der Waals surface area contributed by atoms with Gasteiger partial charge in [0.05, 0.1) is 16.1 Å². The van der Waals surface area contributed by atoms with Gasteiger partial charge in [-0.25, -0.2) is 0 Å². The average molecular weight is 388 g/mol. The fourth-order valence-electron chi connectivity index (χ4n) is 4.52. The van der Waals surface area contributed by atoms with E-state index in [1.54, 1.807) is 11.3 Å². The summed E-state index contributed by atoms with van der Waals surface area (Å²) in [5.41, 5.74) is 1.82. The number of hydrogen-bond acceptors (Lipinski definition) is 3. The van der Waals surface area contributed by atoms with Crippen molar-refractivity contribution in [3.8, 4) is 0 Å². The molecule has 2 amide bonds. The number of amides is 2. The summed E-state index contributed by atoms with van der Waals surface area (Å²) < 4.78 is 3.11. The largest absolute Gasteiger partial charge is 0.353 e. The van der Waals surface area contributed by atoms with Crippen molar-refractivity contribution in [1.82, 2.24) is 14.8 Å². The van der Waals surface area contributed by atoms with E-state index >= 15 is 0 Å². The molecule has 4 rings (SSSR count). The average Bonchev–Trinajstić information content (AvgIpc) is 3.26. The molecule has 0 radical (unpaired) electrons. The summed E-state index contributed by atoms with van der Waals surface area (Å²) in [6.45, 7) is 3.56. The molecule has 146 valence electrons.